The van der Waals surface area contributed by atoms with Gasteiger partial charge < -0.3 is 14.6 Å². The molecule has 0 saturated heterocycles. The molecule has 0 amide bonds. The minimum absolute atomic E-state index is 0.0609. The van der Waals surface area contributed by atoms with E-state index in [1.165, 1.54) is 0 Å². The number of alkyl halides is 2. The summed E-state index contributed by atoms with van der Waals surface area (Å²) in [7, 11) is -4.22. The Bertz CT molecular complexity index is 719. The monoisotopic (exact) mass is 351 g/mol. The van der Waals surface area contributed by atoms with Crippen molar-refractivity contribution in [3.63, 3.8) is 0 Å². The molecular formula is C13H15F2NO6S. The van der Waals surface area contributed by atoms with E-state index >= 15 is 0 Å². The van der Waals surface area contributed by atoms with E-state index in [0.29, 0.717) is 0 Å². The van der Waals surface area contributed by atoms with Crippen LogP contribution in [-0.2, 0) is 14.8 Å². The second-order valence-corrected chi connectivity index (χ2v) is 7.13. The average Bonchev–Trinajstić information content (AvgIpc) is 2.69. The van der Waals surface area contributed by atoms with Crippen molar-refractivity contribution in [3.8, 4) is 11.5 Å². The number of ether oxygens (including phenoxy) is 2. The first-order valence-corrected chi connectivity index (χ1v) is 8.13. The Hall–Kier alpha value is -1.94. The highest BCUT2D eigenvalue weighted by molar-refractivity contribution is 7.89. The zero-order valence-electron chi connectivity index (χ0n) is 12.2. The normalized spacial score (nSPS) is 17.3. The highest BCUT2D eigenvalue weighted by atomic mass is 32.2. The van der Waals surface area contributed by atoms with E-state index in [0.717, 1.165) is 18.2 Å². The fourth-order valence-electron chi connectivity index (χ4n) is 2.02. The lowest BCUT2D eigenvalue weighted by Crippen LogP contribution is -2.41. The summed E-state index contributed by atoms with van der Waals surface area (Å²) in [4.78, 5) is 10.7. The largest absolute Gasteiger partial charge is 0.586 e. The molecular weight excluding hydrogens is 336 g/mol. The van der Waals surface area contributed by atoms with E-state index in [2.05, 4.69) is 9.47 Å². The molecule has 0 bridgehead atoms. The lowest BCUT2D eigenvalue weighted by atomic mass is 10.1. The van der Waals surface area contributed by atoms with E-state index < -0.39 is 39.0 Å². The first-order chi connectivity index (χ1) is 10.5. The second-order valence-electron chi connectivity index (χ2n) is 5.42. The number of sulfonamides is 1. The lowest BCUT2D eigenvalue weighted by Gasteiger charge is -2.16. The molecule has 1 aliphatic heterocycles. The molecule has 0 unspecified atom stereocenters. The zero-order valence-corrected chi connectivity index (χ0v) is 13.1. The van der Waals surface area contributed by atoms with Crippen molar-refractivity contribution in [2.75, 3.05) is 0 Å². The van der Waals surface area contributed by atoms with Crippen molar-refractivity contribution in [1.82, 2.24) is 4.72 Å². The molecule has 2 N–H and O–H groups in total. The highest BCUT2D eigenvalue weighted by Gasteiger charge is 2.44. The molecule has 1 heterocycles. The molecule has 0 radical (unpaired) electrons. The molecule has 0 saturated carbocycles. The minimum atomic E-state index is -4.22. The van der Waals surface area contributed by atoms with Gasteiger partial charge in [-0.15, -0.1) is 8.78 Å². The van der Waals surface area contributed by atoms with Gasteiger partial charge in [-0.25, -0.2) is 8.42 Å². The number of aliphatic carboxylic acids is 1. The number of rotatable bonds is 6. The smallest absolute Gasteiger partial charge is 0.480 e. The van der Waals surface area contributed by atoms with Gasteiger partial charge in [0, 0.05) is 6.07 Å². The van der Waals surface area contributed by atoms with E-state index in [4.69, 9.17) is 5.11 Å². The van der Waals surface area contributed by atoms with Crippen LogP contribution < -0.4 is 14.2 Å². The van der Waals surface area contributed by atoms with Gasteiger partial charge >= 0.3 is 12.3 Å². The summed E-state index contributed by atoms with van der Waals surface area (Å²) in [6.07, 6.45) is -3.78. The van der Waals surface area contributed by atoms with E-state index in [-0.39, 0.29) is 18.1 Å². The van der Waals surface area contributed by atoms with Gasteiger partial charge in [-0.2, -0.15) is 4.72 Å². The number of benzene rings is 1. The fraction of sp³-hybridized carbons (Fsp3) is 0.462. The van der Waals surface area contributed by atoms with Crippen LogP contribution in [0.15, 0.2) is 23.1 Å². The second kappa shape index (κ2) is 5.93. The Labute approximate surface area is 131 Å². The van der Waals surface area contributed by atoms with Crippen LogP contribution in [-0.4, -0.2) is 31.8 Å². The van der Waals surface area contributed by atoms with Gasteiger partial charge in [0.05, 0.1) is 4.90 Å². The molecule has 1 atom stereocenters. The third kappa shape index (κ3) is 4.08. The predicted octanol–water partition coefficient (Wildman–Crippen LogP) is 1.79. The van der Waals surface area contributed by atoms with Crippen LogP contribution in [0.5, 0.6) is 11.5 Å². The molecule has 7 nitrogen and oxygen atoms in total. The van der Waals surface area contributed by atoms with Crippen LogP contribution in [0.3, 0.4) is 0 Å². The Balaban J connectivity index is 2.25. The predicted molar refractivity (Wildman–Crippen MR) is 73.8 cm³/mol. The van der Waals surface area contributed by atoms with Gasteiger partial charge in [0.15, 0.2) is 11.5 Å². The topological polar surface area (TPSA) is 102 Å². The SMILES string of the molecule is CC(C)C[C@H](NS(=O)(=O)c1ccc2c(c1)OC(F)(F)O2)C(=O)O. The van der Waals surface area contributed by atoms with Crippen molar-refractivity contribution < 1.29 is 36.6 Å². The fourth-order valence-corrected chi connectivity index (χ4v) is 3.24. The molecule has 10 heteroatoms. The Morgan fingerprint density at radius 2 is 1.91 bits per heavy atom. The quantitative estimate of drug-likeness (QED) is 0.810. The molecule has 0 aromatic heterocycles. The van der Waals surface area contributed by atoms with Gasteiger partial charge in [-0.1, -0.05) is 13.8 Å². The van der Waals surface area contributed by atoms with Crippen LogP contribution in [0.4, 0.5) is 8.78 Å². The Kier molecular flexibility index (Phi) is 4.49. The maximum Gasteiger partial charge on any atom is 0.586 e. The Morgan fingerprint density at radius 1 is 1.30 bits per heavy atom. The van der Waals surface area contributed by atoms with Crippen LogP contribution in [0.2, 0.25) is 0 Å². The number of halogens is 2. The van der Waals surface area contributed by atoms with Gasteiger partial charge in [-0.3, -0.25) is 4.79 Å². The number of carboxylic acid groups (broad SMARTS) is 1. The summed E-state index contributed by atoms with van der Waals surface area (Å²) in [6, 6.07) is 1.57. The van der Waals surface area contributed by atoms with Gasteiger partial charge in [-0.05, 0) is 24.5 Å². The third-order valence-electron chi connectivity index (χ3n) is 2.99. The first kappa shape index (κ1) is 17.4. The van der Waals surface area contributed by atoms with E-state index in [1.807, 2.05) is 4.72 Å². The van der Waals surface area contributed by atoms with Crippen molar-refractivity contribution in [2.24, 2.45) is 5.92 Å². The van der Waals surface area contributed by atoms with Crippen molar-refractivity contribution in [2.45, 2.75) is 37.5 Å². The van der Waals surface area contributed by atoms with Gasteiger partial charge in [0.2, 0.25) is 10.0 Å². The van der Waals surface area contributed by atoms with E-state index in [1.54, 1.807) is 13.8 Å². The number of fused-ring (bicyclic) bond motifs is 1. The molecule has 0 spiro atoms. The molecule has 1 aromatic carbocycles. The standard InChI is InChI=1S/C13H15F2NO6S/c1-7(2)5-9(12(17)18)16-23(19,20)8-3-4-10-11(6-8)22-13(14,15)21-10/h3-4,6-7,9,16H,5H2,1-2H3,(H,17,18)/t9-/m0/s1. The maximum atomic E-state index is 12.9. The number of carboxylic acids is 1. The zero-order chi connectivity index (χ0) is 17.4. The van der Waals surface area contributed by atoms with Crippen LogP contribution in [0, 0.1) is 5.92 Å². The van der Waals surface area contributed by atoms with Crippen LogP contribution >= 0.6 is 0 Å². The number of carbonyl (C=O) groups is 1. The highest BCUT2D eigenvalue weighted by Crippen LogP contribution is 2.41. The molecule has 2 rings (SSSR count). The Morgan fingerprint density at radius 3 is 2.48 bits per heavy atom. The molecule has 0 fully saturated rings. The van der Waals surface area contributed by atoms with Gasteiger partial charge in [0.25, 0.3) is 0 Å². The summed E-state index contributed by atoms with van der Waals surface area (Å²) in [5.74, 6) is -2.12. The van der Waals surface area contributed by atoms with E-state index in [9.17, 15) is 22.0 Å². The van der Waals surface area contributed by atoms with Gasteiger partial charge in [0.1, 0.15) is 6.04 Å². The average molecular weight is 351 g/mol. The summed E-state index contributed by atoms with van der Waals surface area (Å²) in [6.45, 7) is 3.49. The molecule has 128 valence electrons. The summed E-state index contributed by atoms with van der Waals surface area (Å²) in [5, 5.41) is 9.09. The molecule has 23 heavy (non-hydrogen) atoms. The van der Waals surface area contributed by atoms with Crippen molar-refractivity contribution in [3.05, 3.63) is 18.2 Å². The number of hydrogen-bond acceptors (Lipinski definition) is 5. The molecule has 0 aliphatic carbocycles. The maximum absolute atomic E-state index is 12.9. The first-order valence-electron chi connectivity index (χ1n) is 6.65. The third-order valence-corrected chi connectivity index (χ3v) is 4.45. The van der Waals surface area contributed by atoms with Crippen LogP contribution in [0.25, 0.3) is 0 Å². The molecule has 1 aliphatic rings. The summed E-state index contributed by atoms with van der Waals surface area (Å²) < 4.78 is 60.7. The minimum Gasteiger partial charge on any atom is -0.480 e. The van der Waals surface area contributed by atoms with Crippen molar-refractivity contribution in [1.29, 1.82) is 0 Å². The molecule has 1 aromatic rings. The number of nitrogens with one attached hydrogen (secondary N) is 1. The summed E-state index contributed by atoms with van der Waals surface area (Å²) >= 11 is 0. The van der Waals surface area contributed by atoms with Crippen LogP contribution in [0.1, 0.15) is 20.3 Å². The van der Waals surface area contributed by atoms with Crippen molar-refractivity contribution >= 4 is 16.0 Å². The lowest BCUT2D eigenvalue weighted by molar-refractivity contribution is -0.286. The number of hydrogen-bond donors (Lipinski definition) is 2. The summed E-state index contributed by atoms with van der Waals surface area (Å²) in [5.41, 5.74) is 0.